The summed E-state index contributed by atoms with van der Waals surface area (Å²) in [5, 5.41) is 0.228. The summed E-state index contributed by atoms with van der Waals surface area (Å²) < 4.78 is 19.7. The SMILES string of the molecule is CC(Oc1cc(-c2cccc(N)c2)cnc1N)c1c(Cl)ccc(F)c1Cl. The molecule has 0 spiro atoms. The normalized spacial score (nSPS) is 12.0. The van der Waals surface area contributed by atoms with Crippen LogP contribution in [0.5, 0.6) is 5.75 Å². The number of nitrogens with two attached hydrogens (primary N) is 2. The third-order valence-electron chi connectivity index (χ3n) is 3.89. The first-order valence-corrected chi connectivity index (χ1v) is 8.54. The van der Waals surface area contributed by atoms with E-state index in [2.05, 4.69) is 4.98 Å². The molecule has 0 bridgehead atoms. The number of benzene rings is 2. The van der Waals surface area contributed by atoms with E-state index in [4.69, 9.17) is 39.4 Å². The minimum absolute atomic E-state index is 0.0801. The fourth-order valence-corrected chi connectivity index (χ4v) is 3.27. The van der Waals surface area contributed by atoms with Gasteiger partial charge in [-0.05, 0) is 42.8 Å². The second-order valence-electron chi connectivity index (χ2n) is 5.75. The number of ether oxygens (including phenoxy) is 1. The van der Waals surface area contributed by atoms with Gasteiger partial charge in [0.05, 0.1) is 5.02 Å². The molecule has 0 saturated carbocycles. The molecule has 2 aromatic carbocycles. The van der Waals surface area contributed by atoms with E-state index >= 15 is 0 Å². The van der Waals surface area contributed by atoms with Crippen LogP contribution in [0.25, 0.3) is 11.1 Å². The lowest BCUT2D eigenvalue weighted by Gasteiger charge is -2.19. The Labute approximate surface area is 160 Å². The van der Waals surface area contributed by atoms with Gasteiger partial charge in [-0.3, -0.25) is 0 Å². The standard InChI is InChI=1S/C19H16Cl2FN3O/c1-10(17-14(20)5-6-15(22)18(17)21)26-16-8-12(9-25-19(16)24)11-3-2-4-13(23)7-11/h2-10H,23H2,1H3,(H2,24,25). The van der Waals surface area contributed by atoms with Crippen molar-refractivity contribution in [1.29, 1.82) is 0 Å². The van der Waals surface area contributed by atoms with E-state index in [-0.39, 0.29) is 10.8 Å². The van der Waals surface area contributed by atoms with Gasteiger partial charge < -0.3 is 16.2 Å². The van der Waals surface area contributed by atoms with Crippen LogP contribution in [-0.4, -0.2) is 4.98 Å². The third-order valence-corrected chi connectivity index (χ3v) is 4.61. The molecule has 3 rings (SSSR count). The average Bonchev–Trinajstić information content (AvgIpc) is 2.60. The maximum atomic E-state index is 13.8. The van der Waals surface area contributed by atoms with Gasteiger partial charge in [-0.15, -0.1) is 0 Å². The molecule has 0 radical (unpaired) electrons. The Morgan fingerprint density at radius 3 is 2.58 bits per heavy atom. The third kappa shape index (κ3) is 3.69. The van der Waals surface area contributed by atoms with Crippen molar-refractivity contribution in [2.45, 2.75) is 13.0 Å². The van der Waals surface area contributed by atoms with Gasteiger partial charge in [0.1, 0.15) is 11.9 Å². The molecule has 0 aliphatic rings. The largest absolute Gasteiger partial charge is 0.482 e. The number of hydrogen-bond donors (Lipinski definition) is 2. The van der Waals surface area contributed by atoms with Crippen LogP contribution in [0.4, 0.5) is 15.9 Å². The van der Waals surface area contributed by atoms with Gasteiger partial charge in [0.15, 0.2) is 11.6 Å². The van der Waals surface area contributed by atoms with E-state index in [0.717, 1.165) is 11.1 Å². The van der Waals surface area contributed by atoms with Crippen LogP contribution in [0.15, 0.2) is 48.7 Å². The lowest BCUT2D eigenvalue weighted by molar-refractivity contribution is 0.227. The molecule has 134 valence electrons. The van der Waals surface area contributed by atoms with Crippen LogP contribution in [0.3, 0.4) is 0 Å². The highest BCUT2D eigenvalue weighted by atomic mass is 35.5. The first-order chi connectivity index (χ1) is 12.4. The van der Waals surface area contributed by atoms with Gasteiger partial charge in [-0.2, -0.15) is 0 Å². The van der Waals surface area contributed by atoms with Gasteiger partial charge in [-0.1, -0.05) is 35.3 Å². The highest BCUT2D eigenvalue weighted by Crippen LogP contribution is 2.37. The van der Waals surface area contributed by atoms with Gasteiger partial charge >= 0.3 is 0 Å². The summed E-state index contributed by atoms with van der Waals surface area (Å²) >= 11 is 12.2. The second-order valence-corrected chi connectivity index (χ2v) is 6.53. The molecular formula is C19H16Cl2FN3O. The van der Waals surface area contributed by atoms with Gasteiger partial charge in [-0.25, -0.2) is 9.37 Å². The molecule has 1 aromatic heterocycles. The zero-order valence-electron chi connectivity index (χ0n) is 13.8. The molecule has 7 heteroatoms. The van der Waals surface area contributed by atoms with Crippen LogP contribution in [-0.2, 0) is 0 Å². The molecule has 26 heavy (non-hydrogen) atoms. The summed E-state index contributed by atoms with van der Waals surface area (Å²) in [6.45, 7) is 1.71. The number of anilines is 2. The summed E-state index contributed by atoms with van der Waals surface area (Å²) in [6.07, 6.45) is 0.995. The molecule has 0 fully saturated rings. The van der Waals surface area contributed by atoms with E-state index < -0.39 is 11.9 Å². The summed E-state index contributed by atoms with van der Waals surface area (Å²) in [5.74, 6) is -0.0249. The number of nitrogens with zero attached hydrogens (tertiary/aromatic N) is 1. The molecule has 4 N–H and O–H groups in total. The van der Waals surface area contributed by atoms with Crippen LogP contribution in [0.1, 0.15) is 18.6 Å². The van der Waals surface area contributed by atoms with E-state index in [1.54, 1.807) is 25.3 Å². The van der Waals surface area contributed by atoms with Crippen molar-refractivity contribution in [3.63, 3.8) is 0 Å². The van der Waals surface area contributed by atoms with Crippen molar-refractivity contribution in [2.75, 3.05) is 11.5 Å². The quantitative estimate of drug-likeness (QED) is 0.454. The van der Waals surface area contributed by atoms with Crippen LogP contribution in [0, 0.1) is 5.82 Å². The minimum atomic E-state index is -0.633. The zero-order chi connectivity index (χ0) is 18.8. The first kappa shape index (κ1) is 18.3. The Morgan fingerprint density at radius 1 is 1.08 bits per heavy atom. The molecule has 3 aromatic rings. The summed E-state index contributed by atoms with van der Waals surface area (Å²) in [5.41, 5.74) is 14.4. The van der Waals surface area contributed by atoms with Gasteiger partial charge in [0.2, 0.25) is 0 Å². The highest BCUT2D eigenvalue weighted by Gasteiger charge is 2.20. The van der Waals surface area contributed by atoms with Crippen molar-refractivity contribution in [1.82, 2.24) is 4.98 Å². The molecule has 1 unspecified atom stereocenters. The Hall–Kier alpha value is -2.50. The van der Waals surface area contributed by atoms with Crippen LogP contribution in [0.2, 0.25) is 10.0 Å². The average molecular weight is 392 g/mol. The van der Waals surface area contributed by atoms with Crippen molar-refractivity contribution in [2.24, 2.45) is 0 Å². The number of rotatable bonds is 4. The predicted octanol–water partition coefficient (Wildman–Crippen LogP) is 5.50. The molecule has 0 saturated heterocycles. The molecule has 1 heterocycles. The Kier molecular flexibility index (Phi) is 5.20. The molecule has 0 aliphatic heterocycles. The van der Waals surface area contributed by atoms with Crippen molar-refractivity contribution >= 4 is 34.7 Å². The maximum Gasteiger partial charge on any atom is 0.166 e. The van der Waals surface area contributed by atoms with E-state index in [1.165, 1.54) is 12.1 Å². The lowest BCUT2D eigenvalue weighted by atomic mass is 10.1. The predicted molar refractivity (Wildman–Crippen MR) is 104 cm³/mol. The second kappa shape index (κ2) is 7.40. The Balaban J connectivity index is 1.95. The topological polar surface area (TPSA) is 74.2 Å². The maximum absolute atomic E-state index is 13.8. The minimum Gasteiger partial charge on any atom is -0.482 e. The van der Waals surface area contributed by atoms with Crippen molar-refractivity contribution < 1.29 is 9.13 Å². The molecule has 4 nitrogen and oxygen atoms in total. The molecule has 0 aliphatic carbocycles. The fraction of sp³-hybridized carbons (Fsp3) is 0.105. The fourth-order valence-electron chi connectivity index (χ4n) is 2.59. The van der Waals surface area contributed by atoms with Crippen LogP contribution < -0.4 is 16.2 Å². The number of nitrogen functional groups attached to an aromatic ring is 2. The highest BCUT2D eigenvalue weighted by molar-refractivity contribution is 6.36. The Bertz CT molecular complexity index is 966. The van der Waals surface area contributed by atoms with E-state index in [0.29, 0.717) is 22.0 Å². The van der Waals surface area contributed by atoms with E-state index in [9.17, 15) is 4.39 Å². The zero-order valence-corrected chi connectivity index (χ0v) is 15.4. The molecule has 1 atom stereocenters. The van der Waals surface area contributed by atoms with E-state index in [1.807, 2.05) is 18.2 Å². The van der Waals surface area contributed by atoms with Crippen molar-refractivity contribution in [3.8, 4) is 16.9 Å². The monoisotopic (exact) mass is 391 g/mol. The smallest absolute Gasteiger partial charge is 0.166 e. The van der Waals surface area contributed by atoms with Crippen molar-refractivity contribution in [3.05, 3.63) is 70.1 Å². The molecular weight excluding hydrogens is 376 g/mol. The van der Waals surface area contributed by atoms with Crippen LogP contribution >= 0.6 is 23.2 Å². The number of hydrogen-bond acceptors (Lipinski definition) is 4. The van der Waals surface area contributed by atoms with Gasteiger partial charge in [0.25, 0.3) is 0 Å². The number of halogens is 3. The number of pyridine rings is 1. The first-order valence-electron chi connectivity index (χ1n) is 7.78. The summed E-state index contributed by atoms with van der Waals surface area (Å²) in [4.78, 5) is 4.17. The van der Waals surface area contributed by atoms with Gasteiger partial charge in [0, 0.05) is 28.0 Å². The lowest BCUT2D eigenvalue weighted by Crippen LogP contribution is -2.08. The summed E-state index contributed by atoms with van der Waals surface area (Å²) in [7, 11) is 0. The summed E-state index contributed by atoms with van der Waals surface area (Å²) in [6, 6.07) is 11.7. The molecule has 0 amide bonds. The number of aromatic nitrogens is 1. The Morgan fingerprint density at radius 2 is 1.85 bits per heavy atom.